The Morgan fingerprint density at radius 2 is 1.75 bits per heavy atom. The summed E-state index contributed by atoms with van der Waals surface area (Å²) in [7, 11) is 0. The number of para-hydroxylation sites is 2. The van der Waals surface area contributed by atoms with Gasteiger partial charge in [-0.25, -0.2) is 9.07 Å². The number of hydrogen-bond acceptors (Lipinski definition) is 4. The molecule has 2 heterocycles. The molecule has 5 rings (SSSR count). The molecule has 7 heteroatoms. The summed E-state index contributed by atoms with van der Waals surface area (Å²) in [5.41, 5.74) is 2.35. The number of aromatic nitrogens is 2. The van der Waals surface area contributed by atoms with Crippen molar-refractivity contribution in [2.24, 2.45) is 0 Å². The molecule has 0 saturated carbocycles. The molecule has 3 aromatic carbocycles. The monoisotopic (exact) mass is 485 g/mol. The minimum atomic E-state index is -0.544. The van der Waals surface area contributed by atoms with E-state index in [-0.39, 0.29) is 24.1 Å². The molecule has 0 aliphatic carbocycles. The van der Waals surface area contributed by atoms with Crippen LogP contribution in [0.25, 0.3) is 5.69 Å². The fraction of sp³-hybridized carbons (Fsp3) is 0.241. The molecular weight excluding hydrogens is 457 g/mol. The molecule has 0 radical (unpaired) electrons. The van der Waals surface area contributed by atoms with E-state index in [9.17, 15) is 9.18 Å². The van der Waals surface area contributed by atoms with Crippen LogP contribution in [-0.4, -0.2) is 39.8 Å². The fourth-order valence-electron chi connectivity index (χ4n) is 4.42. The highest BCUT2D eigenvalue weighted by molar-refractivity contribution is 5.94. The van der Waals surface area contributed by atoms with E-state index in [1.807, 2.05) is 67.6 Å². The van der Waals surface area contributed by atoms with Gasteiger partial charge in [0, 0.05) is 13.2 Å². The number of rotatable bonds is 8. The summed E-state index contributed by atoms with van der Waals surface area (Å²) in [6.45, 7) is 3.12. The number of halogens is 1. The maximum atomic E-state index is 14.6. The van der Waals surface area contributed by atoms with Crippen LogP contribution in [0, 0.1) is 12.7 Å². The zero-order chi connectivity index (χ0) is 24.9. The van der Waals surface area contributed by atoms with Crippen LogP contribution in [0.2, 0.25) is 0 Å². The Balaban J connectivity index is 1.55. The van der Waals surface area contributed by atoms with Crippen molar-refractivity contribution in [3.05, 3.63) is 108 Å². The molecule has 1 aromatic heterocycles. The van der Waals surface area contributed by atoms with Crippen LogP contribution in [0.5, 0.6) is 11.6 Å². The number of ether oxygens (including phenoxy) is 2. The maximum Gasteiger partial charge on any atom is 0.257 e. The van der Waals surface area contributed by atoms with Gasteiger partial charge in [0.25, 0.3) is 5.91 Å². The van der Waals surface area contributed by atoms with Crippen molar-refractivity contribution in [3.8, 4) is 17.3 Å². The van der Waals surface area contributed by atoms with Crippen LogP contribution in [0.4, 0.5) is 4.39 Å². The highest BCUT2D eigenvalue weighted by Gasteiger charge is 2.28. The van der Waals surface area contributed by atoms with Gasteiger partial charge in [0.05, 0.1) is 35.2 Å². The molecule has 1 unspecified atom stereocenters. The van der Waals surface area contributed by atoms with Crippen LogP contribution >= 0.6 is 0 Å². The minimum absolute atomic E-state index is 0.0362. The summed E-state index contributed by atoms with van der Waals surface area (Å²) >= 11 is 0. The second-order valence-corrected chi connectivity index (χ2v) is 8.83. The summed E-state index contributed by atoms with van der Waals surface area (Å²) in [5.74, 6) is 0.240. The highest BCUT2D eigenvalue weighted by Crippen LogP contribution is 2.32. The van der Waals surface area contributed by atoms with Crippen LogP contribution in [0.15, 0.2) is 84.9 Å². The Morgan fingerprint density at radius 3 is 2.44 bits per heavy atom. The summed E-state index contributed by atoms with van der Waals surface area (Å²) in [6, 6.07) is 25.2. The largest absolute Gasteiger partial charge is 0.439 e. The summed E-state index contributed by atoms with van der Waals surface area (Å²) < 4.78 is 28.5. The zero-order valence-corrected chi connectivity index (χ0v) is 20.1. The fourth-order valence-corrected chi connectivity index (χ4v) is 4.42. The third-order valence-corrected chi connectivity index (χ3v) is 6.28. The number of aryl methyl sites for hydroxylation is 1. The van der Waals surface area contributed by atoms with E-state index < -0.39 is 5.82 Å². The van der Waals surface area contributed by atoms with Gasteiger partial charge in [0.1, 0.15) is 11.6 Å². The number of carbonyl (C=O) groups excluding carboxylic acids is 1. The summed E-state index contributed by atoms with van der Waals surface area (Å²) in [5, 5.41) is 4.76. The van der Waals surface area contributed by atoms with Gasteiger partial charge in [-0.05, 0) is 56.2 Å². The van der Waals surface area contributed by atoms with Gasteiger partial charge in [-0.3, -0.25) is 4.79 Å². The van der Waals surface area contributed by atoms with Crippen LogP contribution in [0.3, 0.4) is 0 Å². The number of carbonyl (C=O) groups is 1. The molecule has 36 heavy (non-hydrogen) atoms. The van der Waals surface area contributed by atoms with E-state index in [4.69, 9.17) is 14.6 Å². The summed E-state index contributed by atoms with van der Waals surface area (Å²) in [6.07, 6.45) is 1.71. The van der Waals surface area contributed by atoms with Gasteiger partial charge in [-0.1, -0.05) is 48.5 Å². The molecule has 1 saturated heterocycles. The average Bonchev–Trinajstić information content (AvgIpc) is 3.53. The Kier molecular flexibility index (Phi) is 7.09. The lowest BCUT2D eigenvalue weighted by atomic mass is 10.1. The first-order chi connectivity index (χ1) is 17.6. The van der Waals surface area contributed by atoms with Crippen LogP contribution < -0.4 is 4.74 Å². The molecule has 6 nitrogen and oxygen atoms in total. The van der Waals surface area contributed by atoms with Crippen LogP contribution in [-0.2, 0) is 11.3 Å². The van der Waals surface area contributed by atoms with Gasteiger partial charge in [-0.15, -0.1) is 0 Å². The average molecular weight is 486 g/mol. The molecule has 0 N–H and O–H groups in total. The first-order valence-corrected chi connectivity index (χ1v) is 12.1. The molecular formula is C29H28FN3O3. The number of nitrogens with zero attached hydrogens (tertiary/aromatic N) is 3. The van der Waals surface area contributed by atoms with Gasteiger partial charge in [-0.2, -0.15) is 5.10 Å². The minimum Gasteiger partial charge on any atom is -0.439 e. The second kappa shape index (κ2) is 10.7. The van der Waals surface area contributed by atoms with Crippen molar-refractivity contribution in [2.45, 2.75) is 32.4 Å². The third-order valence-electron chi connectivity index (χ3n) is 6.28. The van der Waals surface area contributed by atoms with Crippen molar-refractivity contribution in [2.75, 3.05) is 13.2 Å². The highest BCUT2D eigenvalue weighted by atomic mass is 19.1. The predicted molar refractivity (Wildman–Crippen MR) is 135 cm³/mol. The van der Waals surface area contributed by atoms with Gasteiger partial charge >= 0.3 is 0 Å². The third kappa shape index (κ3) is 5.16. The maximum absolute atomic E-state index is 14.6. The Labute approximate surface area is 209 Å². The van der Waals surface area contributed by atoms with E-state index in [0.717, 1.165) is 29.8 Å². The Bertz CT molecular complexity index is 1320. The number of amides is 1. The lowest BCUT2D eigenvalue weighted by Crippen LogP contribution is -2.37. The molecule has 0 bridgehead atoms. The Hall–Kier alpha value is -3.97. The van der Waals surface area contributed by atoms with E-state index in [1.165, 1.54) is 12.1 Å². The van der Waals surface area contributed by atoms with Crippen molar-refractivity contribution >= 4 is 5.91 Å². The van der Waals surface area contributed by atoms with Crippen molar-refractivity contribution in [3.63, 3.8) is 0 Å². The smallest absolute Gasteiger partial charge is 0.257 e. The number of benzene rings is 3. The van der Waals surface area contributed by atoms with Gasteiger partial charge in [0.15, 0.2) is 0 Å². The lowest BCUT2D eigenvalue weighted by molar-refractivity contribution is 0.0502. The van der Waals surface area contributed by atoms with E-state index >= 15 is 0 Å². The van der Waals surface area contributed by atoms with Gasteiger partial charge < -0.3 is 14.4 Å². The van der Waals surface area contributed by atoms with Crippen molar-refractivity contribution < 1.29 is 18.7 Å². The van der Waals surface area contributed by atoms with Crippen molar-refractivity contribution in [1.82, 2.24) is 14.7 Å². The molecule has 1 atom stereocenters. The topological polar surface area (TPSA) is 56.6 Å². The molecule has 1 aliphatic rings. The summed E-state index contributed by atoms with van der Waals surface area (Å²) in [4.78, 5) is 15.2. The molecule has 184 valence electrons. The van der Waals surface area contributed by atoms with E-state index in [0.29, 0.717) is 24.8 Å². The quantitative estimate of drug-likeness (QED) is 0.310. The van der Waals surface area contributed by atoms with Crippen molar-refractivity contribution in [1.29, 1.82) is 0 Å². The second-order valence-electron chi connectivity index (χ2n) is 8.83. The Morgan fingerprint density at radius 1 is 1.06 bits per heavy atom. The predicted octanol–water partition coefficient (Wildman–Crippen LogP) is 5.93. The van der Waals surface area contributed by atoms with Crippen LogP contribution in [0.1, 0.15) is 34.5 Å². The number of hydrogen-bond donors (Lipinski definition) is 0. The van der Waals surface area contributed by atoms with E-state index in [1.54, 1.807) is 21.7 Å². The first kappa shape index (κ1) is 23.8. The first-order valence-electron chi connectivity index (χ1n) is 12.1. The van der Waals surface area contributed by atoms with E-state index in [2.05, 4.69) is 0 Å². The molecule has 4 aromatic rings. The SMILES string of the molecule is Cc1nn(-c2ccccc2)c(Oc2ccccc2)c1CN(CC1CCCO1)C(=O)c1ccccc1F. The lowest BCUT2D eigenvalue weighted by Gasteiger charge is -2.26. The molecule has 1 fully saturated rings. The standard InChI is InChI=1S/C29H28FN3O3/c1-21-26(20-32(19-24-15-10-18-35-24)28(34)25-16-8-9-17-27(25)30)29(36-23-13-6-3-7-14-23)33(31-21)22-11-4-2-5-12-22/h2-9,11-14,16-17,24H,10,15,18-20H2,1H3. The van der Waals surface area contributed by atoms with Gasteiger partial charge in [0.2, 0.25) is 5.88 Å². The molecule has 0 spiro atoms. The molecule has 1 aliphatic heterocycles. The zero-order valence-electron chi connectivity index (χ0n) is 20.1. The molecule has 1 amide bonds. The normalized spacial score (nSPS) is 15.1.